The zero-order chi connectivity index (χ0) is 17.3. The molecule has 134 valence electrons. The van der Waals surface area contributed by atoms with E-state index in [4.69, 9.17) is 4.74 Å². The SMILES string of the molecule is Cc1cc(C)c(C)c(OC[C@@]2(O)CN(C3CCCC3)CC[C@@H]2O)c1. The summed E-state index contributed by atoms with van der Waals surface area (Å²) in [5, 5.41) is 21.4. The van der Waals surface area contributed by atoms with Gasteiger partial charge in [-0.1, -0.05) is 18.9 Å². The van der Waals surface area contributed by atoms with Crippen LogP contribution in [0, 0.1) is 20.8 Å². The first kappa shape index (κ1) is 17.7. The smallest absolute Gasteiger partial charge is 0.137 e. The minimum atomic E-state index is -1.19. The molecule has 1 aromatic rings. The molecule has 0 aromatic heterocycles. The van der Waals surface area contributed by atoms with Crippen LogP contribution in [-0.4, -0.2) is 52.6 Å². The first-order valence-corrected chi connectivity index (χ1v) is 9.24. The standard InChI is InChI=1S/C20H31NO3/c1-14-10-15(2)16(3)18(11-14)24-13-20(23)12-21(9-8-19(20)22)17-6-4-5-7-17/h10-11,17,19,22-23H,4-9,12-13H2,1-3H3/t19-,20-/m0/s1. The van der Waals surface area contributed by atoms with Crippen LogP contribution in [0.3, 0.4) is 0 Å². The van der Waals surface area contributed by atoms with Gasteiger partial charge < -0.3 is 14.9 Å². The van der Waals surface area contributed by atoms with Crippen molar-refractivity contribution in [1.82, 2.24) is 4.90 Å². The Kier molecular flexibility index (Phi) is 5.19. The second-order valence-corrected chi connectivity index (χ2v) is 7.81. The Hall–Kier alpha value is -1.10. The van der Waals surface area contributed by atoms with Gasteiger partial charge in [-0.2, -0.15) is 0 Å². The van der Waals surface area contributed by atoms with E-state index < -0.39 is 11.7 Å². The minimum absolute atomic E-state index is 0.140. The number of ether oxygens (including phenoxy) is 1. The third-order valence-corrected chi connectivity index (χ3v) is 5.87. The lowest BCUT2D eigenvalue weighted by Gasteiger charge is -2.44. The number of rotatable bonds is 4. The van der Waals surface area contributed by atoms with Crippen LogP contribution in [-0.2, 0) is 0 Å². The van der Waals surface area contributed by atoms with E-state index in [9.17, 15) is 10.2 Å². The highest BCUT2D eigenvalue weighted by Crippen LogP contribution is 2.31. The predicted molar refractivity (Wildman–Crippen MR) is 95.6 cm³/mol. The van der Waals surface area contributed by atoms with Gasteiger partial charge in [-0.15, -0.1) is 0 Å². The maximum atomic E-state index is 11.0. The Morgan fingerprint density at radius 2 is 1.88 bits per heavy atom. The Morgan fingerprint density at radius 3 is 2.58 bits per heavy atom. The lowest BCUT2D eigenvalue weighted by atomic mass is 9.89. The number of hydrogen-bond donors (Lipinski definition) is 2. The zero-order valence-electron chi connectivity index (χ0n) is 15.2. The predicted octanol–water partition coefficient (Wildman–Crippen LogP) is 2.73. The fraction of sp³-hybridized carbons (Fsp3) is 0.700. The van der Waals surface area contributed by atoms with Gasteiger partial charge in [0.1, 0.15) is 18.0 Å². The van der Waals surface area contributed by atoms with Gasteiger partial charge in [0.15, 0.2) is 0 Å². The maximum absolute atomic E-state index is 11.0. The molecule has 4 heteroatoms. The van der Waals surface area contributed by atoms with Gasteiger partial charge in [-0.25, -0.2) is 0 Å². The lowest BCUT2D eigenvalue weighted by Crippen LogP contribution is -2.61. The first-order chi connectivity index (χ1) is 11.4. The molecule has 3 rings (SSSR count). The number of likely N-dealkylation sites (tertiary alicyclic amines) is 1. The molecule has 2 N–H and O–H groups in total. The van der Waals surface area contributed by atoms with E-state index in [0.717, 1.165) is 23.4 Å². The summed E-state index contributed by atoms with van der Waals surface area (Å²) in [5.74, 6) is 0.811. The summed E-state index contributed by atoms with van der Waals surface area (Å²) in [6.07, 6.45) is 4.87. The van der Waals surface area contributed by atoms with Crippen molar-refractivity contribution >= 4 is 0 Å². The molecule has 0 bridgehead atoms. The molecule has 1 heterocycles. The topological polar surface area (TPSA) is 52.9 Å². The monoisotopic (exact) mass is 333 g/mol. The van der Waals surface area contributed by atoms with E-state index >= 15 is 0 Å². The van der Waals surface area contributed by atoms with Crippen LogP contribution in [0.25, 0.3) is 0 Å². The van der Waals surface area contributed by atoms with Crippen LogP contribution in [0.15, 0.2) is 12.1 Å². The van der Waals surface area contributed by atoms with Crippen molar-refractivity contribution in [3.63, 3.8) is 0 Å². The molecular weight excluding hydrogens is 302 g/mol. The molecule has 0 radical (unpaired) electrons. The average Bonchev–Trinajstić information content (AvgIpc) is 3.07. The zero-order valence-corrected chi connectivity index (χ0v) is 15.2. The summed E-state index contributed by atoms with van der Waals surface area (Å²) in [4.78, 5) is 2.36. The first-order valence-electron chi connectivity index (χ1n) is 9.24. The van der Waals surface area contributed by atoms with Crippen molar-refractivity contribution in [3.05, 3.63) is 28.8 Å². The number of aliphatic hydroxyl groups excluding tert-OH is 1. The van der Waals surface area contributed by atoms with Crippen molar-refractivity contribution in [1.29, 1.82) is 0 Å². The number of piperidine rings is 1. The van der Waals surface area contributed by atoms with Gasteiger partial charge in [-0.05, 0) is 62.8 Å². The third kappa shape index (κ3) is 3.61. The molecule has 2 fully saturated rings. The molecule has 1 saturated carbocycles. The van der Waals surface area contributed by atoms with E-state index in [1.807, 2.05) is 19.9 Å². The highest BCUT2D eigenvalue weighted by atomic mass is 16.5. The van der Waals surface area contributed by atoms with Gasteiger partial charge in [0.25, 0.3) is 0 Å². The fourth-order valence-corrected chi connectivity index (χ4v) is 4.17. The van der Waals surface area contributed by atoms with Crippen LogP contribution in [0.1, 0.15) is 48.8 Å². The Balaban J connectivity index is 1.70. The molecule has 2 aliphatic rings. The van der Waals surface area contributed by atoms with E-state index in [1.54, 1.807) is 0 Å². The van der Waals surface area contributed by atoms with Crippen LogP contribution < -0.4 is 4.74 Å². The van der Waals surface area contributed by atoms with Gasteiger partial charge >= 0.3 is 0 Å². The van der Waals surface area contributed by atoms with E-state index in [2.05, 4.69) is 17.9 Å². The quantitative estimate of drug-likeness (QED) is 0.890. The molecule has 1 saturated heterocycles. The van der Waals surface area contributed by atoms with Crippen LogP contribution in [0.4, 0.5) is 0 Å². The maximum Gasteiger partial charge on any atom is 0.137 e. The van der Waals surface area contributed by atoms with E-state index in [0.29, 0.717) is 19.0 Å². The van der Waals surface area contributed by atoms with Crippen molar-refractivity contribution in [3.8, 4) is 5.75 Å². The highest BCUT2D eigenvalue weighted by molar-refractivity contribution is 5.42. The molecule has 24 heavy (non-hydrogen) atoms. The highest BCUT2D eigenvalue weighted by Gasteiger charge is 2.44. The molecule has 0 unspecified atom stereocenters. The van der Waals surface area contributed by atoms with Crippen molar-refractivity contribution in [2.75, 3.05) is 19.7 Å². The van der Waals surface area contributed by atoms with E-state index in [1.165, 1.54) is 31.2 Å². The Labute approximate surface area is 145 Å². The van der Waals surface area contributed by atoms with Gasteiger partial charge in [0.05, 0.1) is 6.10 Å². The average molecular weight is 333 g/mol. The summed E-state index contributed by atoms with van der Waals surface area (Å²) in [6, 6.07) is 4.70. The molecule has 2 atom stereocenters. The normalized spacial score (nSPS) is 29.1. The Morgan fingerprint density at radius 1 is 1.17 bits per heavy atom. The summed E-state index contributed by atoms with van der Waals surface area (Å²) >= 11 is 0. The number of β-amino-alcohol motifs (C(OH)–C–C–N with tert-alkyl or cyclic N) is 1. The van der Waals surface area contributed by atoms with Crippen LogP contribution >= 0.6 is 0 Å². The fourth-order valence-electron chi connectivity index (χ4n) is 4.17. The van der Waals surface area contributed by atoms with Crippen molar-refractivity contribution < 1.29 is 14.9 Å². The summed E-state index contributed by atoms with van der Waals surface area (Å²) in [6.45, 7) is 7.67. The molecule has 1 aliphatic heterocycles. The number of aryl methyl sites for hydroxylation is 2. The van der Waals surface area contributed by atoms with Gasteiger partial charge in [-0.3, -0.25) is 4.90 Å². The van der Waals surface area contributed by atoms with Gasteiger partial charge in [0, 0.05) is 19.1 Å². The third-order valence-electron chi connectivity index (χ3n) is 5.87. The molecule has 0 spiro atoms. The van der Waals surface area contributed by atoms with Crippen LogP contribution in [0.5, 0.6) is 5.75 Å². The molecule has 4 nitrogen and oxygen atoms in total. The summed E-state index contributed by atoms with van der Waals surface area (Å²) in [5.41, 5.74) is 2.25. The second-order valence-electron chi connectivity index (χ2n) is 7.81. The number of aliphatic hydroxyl groups is 2. The minimum Gasteiger partial charge on any atom is -0.490 e. The molecule has 0 amide bonds. The molecular formula is C20H31NO3. The number of benzene rings is 1. The van der Waals surface area contributed by atoms with Crippen molar-refractivity contribution in [2.45, 2.75) is 70.6 Å². The summed E-state index contributed by atoms with van der Waals surface area (Å²) in [7, 11) is 0. The second kappa shape index (κ2) is 7.03. The number of hydrogen-bond acceptors (Lipinski definition) is 4. The largest absolute Gasteiger partial charge is 0.490 e. The van der Waals surface area contributed by atoms with Crippen molar-refractivity contribution in [2.24, 2.45) is 0 Å². The van der Waals surface area contributed by atoms with E-state index in [-0.39, 0.29) is 6.61 Å². The van der Waals surface area contributed by atoms with Crippen LogP contribution in [0.2, 0.25) is 0 Å². The number of nitrogens with zero attached hydrogens (tertiary/aromatic N) is 1. The Bertz CT molecular complexity index is 582. The lowest BCUT2D eigenvalue weighted by molar-refractivity contribution is -0.144. The van der Waals surface area contributed by atoms with Gasteiger partial charge in [0.2, 0.25) is 0 Å². The molecule has 1 aromatic carbocycles. The summed E-state index contributed by atoms with van der Waals surface area (Å²) < 4.78 is 5.99. The molecule has 1 aliphatic carbocycles.